The van der Waals surface area contributed by atoms with Crippen molar-refractivity contribution in [1.29, 1.82) is 0 Å². The first kappa shape index (κ1) is 25.2. The summed E-state index contributed by atoms with van der Waals surface area (Å²) in [6.07, 6.45) is 1.87. The molecule has 4 rings (SSSR count). The minimum Gasteiger partial charge on any atom is -0.481 e. The zero-order chi connectivity index (χ0) is 25.7. The Morgan fingerprint density at radius 2 is 1.42 bits per heavy atom. The molecule has 6 nitrogen and oxygen atoms in total. The Balaban J connectivity index is 1.31. The van der Waals surface area contributed by atoms with Crippen LogP contribution >= 0.6 is 0 Å². The number of hydrogen-bond acceptors (Lipinski definition) is 3. The highest BCUT2D eigenvalue weighted by Gasteiger charge is 2.30. The number of nitrogens with zero attached hydrogens (tertiary/aromatic N) is 1. The quantitative estimate of drug-likeness (QED) is 0.377. The highest BCUT2D eigenvalue weighted by Crippen LogP contribution is 2.29. The van der Waals surface area contributed by atoms with Crippen molar-refractivity contribution in [2.45, 2.75) is 39.0 Å². The van der Waals surface area contributed by atoms with E-state index < -0.39 is 11.4 Å². The van der Waals surface area contributed by atoms with Gasteiger partial charge >= 0.3 is 12.0 Å². The van der Waals surface area contributed by atoms with E-state index in [0.717, 1.165) is 42.7 Å². The number of anilines is 1. The van der Waals surface area contributed by atoms with E-state index in [1.54, 1.807) is 26.0 Å². The molecule has 0 bridgehead atoms. The van der Waals surface area contributed by atoms with E-state index in [1.165, 1.54) is 5.56 Å². The molecule has 6 heteroatoms. The number of nitrogens with one attached hydrogen (secondary N) is 1. The lowest BCUT2D eigenvalue weighted by Gasteiger charge is -2.32. The van der Waals surface area contributed by atoms with Crippen molar-refractivity contribution < 1.29 is 19.5 Å². The van der Waals surface area contributed by atoms with Crippen LogP contribution in [0.1, 0.15) is 54.9 Å². The summed E-state index contributed by atoms with van der Waals surface area (Å²) in [5.74, 6) is -0.684. The molecule has 1 saturated heterocycles. The fourth-order valence-electron chi connectivity index (χ4n) is 4.52. The van der Waals surface area contributed by atoms with Crippen LogP contribution in [0.25, 0.3) is 11.1 Å². The average Bonchev–Trinajstić information content (AvgIpc) is 2.89. The maximum atomic E-state index is 12.8. The molecule has 3 aromatic carbocycles. The normalized spacial score (nSPS) is 14.3. The van der Waals surface area contributed by atoms with Crippen LogP contribution in [0.5, 0.6) is 0 Å². The fourth-order valence-corrected chi connectivity index (χ4v) is 4.52. The summed E-state index contributed by atoms with van der Waals surface area (Å²) in [6, 6.07) is 25.2. The predicted molar refractivity (Wildman–Crippen MR) is 141 cm³/mol. The molecule has 0 unspecified atom stereocenters. The van der Waals surface area contributed by atoms with Crippen LogP contribution in [0.4, 0.5) is 10.5 Å². The van der Waals surface area contributed by atoms with Crippen LogP contribution in [0.3, 0.4) is 0 Å². The van der Waals surface area contributed by atoms with Gasteiger partial charge in [0.1, 0.15) is 0 Å². The van der Waals surface area contributed by atoms with Crippen LogP contribution in [-0.2, 0) is 4.79 Å². The molecule has 2 N–H and O–H groups in total. The molecule has 0 aromatic heterocycles. The number of ketones is 1. The number of carbonyl (C=O) groups excluding carboxylic acids is 2. The summed E-state index contributed by atoms with van der Waals surface area (Å²) in [5, 5.41) is 12.2. The van der Waals surface area contributed by atoms with Crippen LogP contribution < -0.4 is 5.32 Å². The molecule has 186 valence electrons. The Kier molecular flexibility index (Phi) is 7.53. The maximum absolute atomic E-state index is 12.8. The second-order valence-corrected chi connectivity index (χ2v) is 10.0. The fraction of sp³-hybridized carbons (Fsp3) is 0.300. The second-order valence-electron chi connectivity index (χ2n) is 10.0. The molecule has 1 aliphatic heterocycles. The first-order chi connectivity index (χ1) is 17.2. The van der Waals surface area contributed by atoms with Crippen LogP contribution in [-0.4, -0.2) is 40.9 Å². The smallest absolute Gasteiger partial charge is 0.321 e. The van der Waals surface area contributed by atoms with Gasteiger partial charge in [0.15, 0.2) is 5.78 Å². The molecule has 36 heavy (non-hydrogen) atoms. The van der Waals surface area contributed by atoms with E-state index in [-0.39, 0.29) is 18.2 Å². The number of Topliss-reactive ketones (excluding diaryl/α,β-unsaturated/α-hetero) is 1. The van der Waals surface area contributed by atoms with Crippen molar-refractivity contribution in [3.05, 3.63) is 90.0 Å². The summed E-state index contributed by atoms with van der Waals surface area (Å²) in [5.41, 5.74) is 3.36. The maximum Gasteiger partial charge on any atom is 0.321 e. The molecule has 0 spiro atoms. The number of aliphatic carboxylic acids is 1. The zero-order valence-corrected chi connectivity index (χ0v) is 20.7. The average molecular weight is 485 g/mol. The van der Waals surface area contributed by atoms with Crippen LogP contribution in [0.2, 0.25) is 0 Å². The standard InChI is InChI=1S/C30H32N2O4/c1-30(2,28(34)35)20-27(33)25-10-8-22(9-11-25)23-12-14-26(15-13-23)31-29(36)32-18-16-24(17-19-32)21-6-4-3-5-7-21/h3-15,24H,16-20H2,1-2H3,(H,31,36)(H,34,35). The lowest BCUT2D eigenvalue weighted by Crippen LogP contribution is -2.40. The number of carboxylic acids is 1. The molecule has 1 heterocycles. The number of carboxylic acid groups (broad SMARTS) is 1. The van der Waals surface area contributed by atoms with Crippen molar-refractivity contribution >= 4 is 23.5 Å². The van der Waals surface area contributed by atoms with Gasteiger partial charge in [-0.1, -0.05) is 66.7 Å². The van der Waals surface area contributed by atoms with E-state index >= 15 is 0 Å². The summed E-state index contributed by atoms with van der Waals surface area (Å²) in [6.45, 7) is 4.57. The van der Waals surface area contributed by atoms with Gasteiger partial charge in [-0.15, -0.1) is 0 Å². The number of rotatable bonds is 7. The monoisotopic (exact) mass is 484 g/mol. The first-order valence-electron chi connectivity index (χ1n) is 12.3. The van der Waals surface area contributed by atoms with Crippen molar-refractivity contribution in [3.8, 4) is 11.1 Å². The topological polar surface area (TPSA) is 86.7 Å². The minimum atomic E-state index is -1.10. The van der Waals surface area contributed by atoms with E-state index in [1.807, 2.05) is 47.4 Å². The van der Waals surface area contributed by atoms with Gasteiger partial charge in [-0.2, -0.15) is 0 Å². The third kappa shape index (κ3) is 6.00. The third-order valence-corrected chi connectivity index (χ3v) is 6.91. The van der Waals surface area contributed by atoms with Gasteiger partial charge in [0, 0.05) is 30.8 Å². The van der Waals surface area contributed by atoms with Gasteiger partial charge in [-0.3, -0.25) is 9.59 Å². The van der Waals surface area contributed by atoms with Gasteiger partial charge in [-0.05, 0) is 61.4 Å². The Morgan fingerprint density at radius 1 is 0.861 bits per heavy atom. The Morgan fingerprint density at radius 3 is 1.97 bits per heavy atom. The molecule has 3 aromatic rings. The molecule has 0 saturated carbocycles. The number of likely N-dealkylation sites (tertiary alicyclic amines) is 1. The second kappa shape index (κ2) is 10.8. The molecule has 0 radical (unpaired) electrons. The molecule has 1 fully saturated rings. The van der Waals surface area contributed by atoms with E-state index in [0.29, 0.717) is 11.5 Å². The zero-order valence-electron chi connectivity index (χ0n) is 20.7. The van der Waals surface area contributed by atoms with Gasteiger partial charge in [0.25, 0.3) is 0 Å². The Labute approximate surface area is 212 Å². The number of urea groups is 1. The number of amides is 2. The van der Waals surface area contributed by atoms with E-state index in [4.69, 9.17) is 0 Å². The third-order valence-electron chi connectivity index (χ3n) is 6.91. The highest BCUT2D eigenvalue weighted by atomic mass is 16.4. The van der Waals surface area contributed by atoms with Crippen molar-refractivity contribution in [2.75, 3.05) is 18.4 Å². The summed E-state index contributed by atoms with van der Waals surface area (Å²) in [4.78, 5) is 38.4. The largest absolute Gasteiger partial charge is 0.481 e. The minimum absolute atomic E-state index is 0.0556. The van der Waals surface area contributed by atoms with E-state index in [2.05, 4.69) is 29.6 Å². The van der Waals surface area contributed by atoms with Crippen molar-refractivity contribution in [1.82, 2.24) is 4.90 Å². The highest BCUT2D eigenvalue weighted by molar-refractivity contribution is 5.99. The van der Waals surface area contributed by atoms with Gasteiger partial charge in [0.2, 0.25) is 0 Å². The molecule has 1 aliphatic rings. The summed E-state index contributed by atoms with van der Waals surface area (Å²) >= 11 is 0. The van der Waals surface area contributed by atoms with Gasteiger partial charge in [-0.25, -0.2) is 4.79 Å². The Hall–Kier alpha value is -3.93. The van der Waals surface area contributed by atoms with Gasteiger partial charge in [0.05, 0.1) is 5.41 Å². The number of benzene rings is 3. The first-order valence-corrected chi connectivity index (χ1v) is 12.3. The van der Waals surface area contributed by atoms with E-state index in [9.17, 15) is 19.5 Å². The Bertz CT molecular complexity index is 1210. The molecular weight excluding hydrogens is 452 g/mol. The number of piperidine rings is 1. The molecule has 2 amide bonds. The SMILES string of the molecule is CC(C)(CC(=O)c1ccc(-c2ccc(NC(=O)N3CCC(c4ccccc4)CC3)cc2)cc1)C(=O)O. The lowest BCUT2D eigenvalue weighted by atomic mass is 9.85. The summed E-state index contributed by atoms with van der Waals surface area (Å²) < 4.78 is 0. The summed E-state index contributed by atoms with van der Waals surface area (Å²) in [7, 11) is 0. The van der Waals surface area contributed by atoms with Crippen LogP contribution in [0.15, 0.2) is 78.9 Å². The molecule has 0 aliphatic carbocycles. The molecular formula is C30H32N2O4. The lowest BCUT2D eigenvalue weighted by molar-refractivity contribution is -0.146. The number of carbonyl (C=O) groups is 3. The number of hydrogen-bond donors (Lipinski definition) is 2. The predicted octanol–water partition coefficient (Wildman–Crippen LogP) is 6.45. The molecule has 0 atom stereocenters. The van der Waals surface area contributed by atoms with Crippen molar-refractivity contribution in [2.24, 2.45) is 5.41 Å². The van der Waals surface area contributed by atoms with Crippen molar-refractivity contribution in [3.63, 3.8) is 0 Å². The van der Waals surface area contributed by atoms with Gasteiger partial charge < -0.3 is 15.3 Å². The van der Waals surface area contributed by atoms with Crippen LogP contribution in [0, 0.1) is 5.41 Å².